The maximum absolute atomic E-state index is 6.53. The molecule has 2 heteroatoms. The van der Waals surface area contributed by atoms with E-state index in [2.05, 4.69) is 60.7 Å². The van der Waals surface area contributed by atoms with E-state index in [9.17, 15) is 0 Å². The zero-order valence-corrected chi connectivity index (χ0v) is 14.1. The van der Waals surface area contributed by atoms with Crippen molar-refractivity contribution in [1.82, 2.24) is 0 Å². The van der Waals surface area contributed by atoms with Gasteiger partial charge >= 0.3 is 0 Å². The molecule has 1 aliphatic rings. The fourth-order valence-electron chi connectivity index (χ4n) is 3.00. The van der Waals surface area contributed by atoms with Crippen molar-refractivity contribution in [2.24, 2.45) is 17.8 Å². The first-order valence-electron chi connectivity index (χ1n) is 6.94. The third-order valence-corrected chi connectivity index (χ3v) is 5.58. The normalized spacial score (nSPS) is 28.6. The van der Waals surface area contributed by atoms with Gasteiger partial charge in [-0.05, 0) is 83.7 Å². The number of hydrogen-bond donors (Lipinski definition) is 0. The molecule has 1 aromatic carbocycles. The Hall–Kier alpha value is 0.240. The van der Waals surface area contributed by atoms with Gasteiger partial charge in [0, 0.05) is 8.95 Å². The van der Waals surface area contributed by atoms with Gasteiger partial charge < -0.3 is 0 Å². The first-order valence-corrected chi connectivity index (χ1v) is 8.46. The highest BCUT2D eigenvalue weighted by Crippen LogP contribution is 2.38. The first kappa shape index (κ1) is 14.6. The van der Waals surface area contributed by atoms with Gasteiger partial charge in [-0.1, -0.05) is 26.0 Å². The smallest absolute Gasteiger partial charge is 0.0367 e. The fraction of sp³-hybridized carbons (Fsp3) is 0.625. The Bertz CT molecular complexity index is 371. The summed E-state index contributed by atoms with van der Waals surface area (Å²) in [5.41, 5.74) is 1.44. The SMILES string of the molecule is CC(C)C1CCC(Cl)C(Cc2ccc(I)cc2)C1. The summed E-state index contributed by atoms with van der Waals surface area (Å²) >= 11 is 8.89. The van der Waals surface area contributed by atoms with Crippen molar-refractivity contribution in [3.05, 3.63) is 33.4 Å². The van der Waals surface area contributed by atoms with Gasteiger partial charge in [0.1, 0.15) is 0 Å². The molecule has 1 aliphatic carbocycles. The molecule has 0 radical (unpaired) electrons. The summed E-state index contributed by atoms with van der Waals surface area (Å²) in [4.78, 5) is 0. The molecule has 1 aromatic rings. The van der Waals surface area contributed by atoms with E-state index >= 15 is 0 Å². The Morgan fingerprint density at radius 3 is 2.50 bits per heavy atom. The van der Waals surface area contributed by atoms with E-state index in [0.29, 0.717) is 11.3 Å². The number of hydrogen-bond acceptors (Lipinski definition) is 0. The van der Waals surface area contributed by atoms with Gasteiger partial charge in [0.2, 0.25) is 0 Å². The summed E-state index contributed by atoms with van der Waals surface area (Å²) in [6.45, 7) is 4.70. The van der Waals surface area contributed by atoms with Crippen LogP contribution in [-0.2, 0) is 6.42 Å². The molecule has 18 heavy (non-hydrogen) atoms. The summed E-state index contributed by atoms with van der Waals surface area (Å²) in [7, 11) is 0. The molecule has 0 bridgehead atoms. The van der Waals surface area contributed by atoms with Crippen LogP contribution in [0.4, 0.5) is 0 Å². The van der Waals surface area contributed by atoms with E-state index in [1.54, 1.807) is 0 Å². The maximum atomic E-state index is 6.53. The highest BCUT2D eigenvalue weighted by atomic mass is 127. The van der Waals surface area contributed by atoms with Gasteiger partial charge in [0.15, 0.2) is 0 Å². The lowest BCUT2D eigenvalue weighted by Gasteiger charge is -2.35. The molecule has 0 saturated heterocycles. The van der Waals surface area contributed by atoms with Crippen molar-refractivity contribution < 1.29 is 0 Å². The van der Waals surface area contributed by atoms with Crippen molar-refractivity contribution in [2.75, 3.05) is 0 Å². The predicted octanol–water partition coefficient (Wildman–Crippen LogP) is 5.51. The summed E-state index contributed by atoms with van der Waals surface area (Å²) in [6, 6.07) is 8.90. The molecule has 3 atom stereocenters. The van der Waals surface area contributed by atoms with Gasteiger partial charge in [-0.2, -0.15) is 0 Å². The minimum absolute atomic E-state index is 0.374. The van der Waals surface area contributed by atoms with Gasteiger partial charge in [0.25, 0.3) is 0 Å². The highest BCUT2D eigenvalue weighted by Gasteiger charge is 2.30. The fourth-order valence-corrected chi connectivity index (χ4v) is 3.68. The molecule has 0 aliphatic heterocycles. The second kappa shape index (κ2) is 6.60. The van der Waals surface area contributed by atoms with Crippen LogP contribution in [0.5, 0.6) is 0 Å². The second-order valence-electron chi connectivity index (χ2n) is 5.92. The third-order valence-electron chi connectivity index (χ3n) is 4.28. The molecule has 100 valence electrons. The average molecular weight is 377 g/mol. The van der Waals surface area contributed by atoms with Crippen molar-refractivity contribution in [1.29, 1.82) is 0 Å². The molecule has 1 saturated carbocycles. The topological polar surface area (TPSA) is 0 Å². The van der Waals surface area contributed by atoms with Crippen LogP contribution in [0.2, 0.25) is 0 Å². The largest absolute Gasteiger partial charge is 0.123 e. The van der Waals surface area contributed by atoms with Crippen molar-refractivity contribution in [3.63, 3.8) is 0 Å². The average Bonchev–Trinajstić information content (AvgIpc) is 2.34. The molecule has 0 heterocycles. The van der Waals surface area contributed by atoms with Crippen LogP contribution in [-0.4, -0.2) is 5.38 Å². The van der Waals surface area contributed by atoms with E-state index in [4.69, 9.17) is 11.6 Å². The first-order chi connectivity index (χ1) is 8.56. The van der Waals surface area contributed by atoms with Crippen LogP contribution in [0.3, 0.4) is 0 Å². The molecule has 3 unspecified atom stereocenters. The molecule has 2 rings (SSSR count). The quantitative estimate of drug-likeness (QED) is 0.482. The van der Waals surface area contributed by atoms with E-state index in [1.807, 2.05) is 0 Å². The van der Waals surface area contributed by atoms with Crippen molar-refractivity contribution >= 4 is 34.2 Å². The summed E-state index contributed by atoms with van der Waals surface area (Å²) in [5, 5.41) is 0.374. The Kier molecular flexibility index (Phi) is 5.37. The minimum Gasteiger partial charge on any atom is -0.123 e. The summed E-state index contributed by atoms with van der Waals surface area (Å²) in [6.07, 6.45) is 4.96. The molecule has 0 spiro atoms. The Morgan fingerprint density at radius 1 is 1.22 bits per heavy atom. The highest BCUT2D eigenvalue weighted by molar-refractivity contribution is 14.1. The van der Waals surface area contributed by atoms with Gasteiger partial charge in [-0.25, -0.2) is 0 Å². The zero-order chi connectivity index (χ0) is 13.1. The van der Waals surface area contributed by atoms with E-state index in [1.165, 1.54) is 28.4 Å². The minimum atomic E-state index is 0.374. The lowest BCUT2D eigenvalue weighted by Crippen LogP contribution is -2.29. The van der Waals surface area contributed by atoms with Gasteiger partial charge in [-0.15, -0.1) is 11.6 Å². The van der Waals surface area contributed by atoms with E-state index in [0.717, 1.165) is 18.3 Å². The zero-order valence-electron chi connectivity index (χ0n) is 11.2. The van der Waals surface area contributed by atoms with Gasteiger partial charge in [-0.3, -0.25) is 0 Å². The number of rotatable bonds is 3. The van der Waals surface area contributed by atoms with E-state index < -0.39 is 0 Å². The van der Waals surface area contributed by atoms with Crippen LogP contribution in [0.15, 0.2) is 24.3 Å². The van der Waals surface area contributed by atoms with Crippen LogP contribution >= 0.6 is 34.2 Å². The standard InChI is InChI=1S/C16H22ClI/c1-11(2)13-5-8-16(17)14(10-13)9-12-3-6-15(18)7-4-12/h3-4,6-7,11,13-14,16H,5,8-10H2,1-2H3. The predicted molar refractivity (Wildman–Crippen MR) is 88.2 cm³/mol. The number of alkyl halides is 1. The lowest BCUT2D eigenvalue weighted by molar-refractivity contribution is 0.218. The van der Waals surface area contributed by atoms with Crippen molar-refractivity contribution in [3.8, 4) is 0 Å². The number of halogens is 2. The van der Waals surface area contributed by atoms with Crippen molar-refractivity contribution in [2.45, 2.75) is 44.9 Å². The molecule has 1 fully saturated rings. The summed E-state index contributed by atoms with van der Waals surface area (Å²) in [5.74, 6) is 2.33. The van der Waals surface area contributed by atoms with E-state index in [-0.39, 0.29) is 0 Å². The van der Waals surface area contributed by atoms with Gasteiger partial charge in [0.05, 0.1) is 0 Å². The number of benzene rings is 1. The molecular weight excluding hydrogens is 355 g/mol. The maximum Gasteiger partial charge on any atom is 0.0367 e. The molecular formula is C16H22ClI. The molecule has 0 nitrogen and oxygen atoms in total. The molecule has 0 aromatic heterocycles. The Morgan fingerprint density at radius 2 is 1.89 bits per heavy atom. The summed E-state index contributed by atoms with van der Waals surface area (Å²) < 4.78 is 1.31. The van der Waals surface area contributed by atoms with Crippen LogP contribution in [0, 0.1) is 21.3 Å². The Labute approximate surface area is 130 Å². The third kappa shape index (κ3) is 3.86. The Balaban J connectivity index is 2.00. The molecule has 0 amide bonds. The van der Waals surface area contributed by atoms with Crippen LogP contribution in [0.1, 0.15) is 38.7 Å². The monoisotopic (exact) mass is 376 g/mol. The molecule has 0 N–H and O–H groups in total. The lowest BCUT2D eigenvalue weighted by atomic mass is 9.74. The van der Waals surface area contributed by atoms with Crippen LogP contribution < -0.4 is 0 Å². The van der Waals surface area contributed by atoms with Crippen LogP contribution in [0.25, 0.3) is 0 Å². The second-order valence-corrected chi connectivity index (χ2v) is 7.73.